The lowest BCUT2D eigenvalue weighted by molar-refractivity contribution is 0.0180. The summed E-state index contributed by atoms with van der Waals surface area (Å²) >= 11 is 0. The van der Waals surface area contributed by atoms with E-state index in [1.165, 1.54) is 69.8 Å². The van der Waals surface area contributed by atoms with Gasteiger partial charge in [0.05, 0.1) is 13.2 Å². The fraction of sp³-hybridized carbons (Fsp3) is 0.769. The lowest BCUT2D eigenvalue weighted by atomic mass is 10.0. The van der Waals surface area contributed by atoms with Crippen LogP contribution in [0.25, 0.3) is 0 Å². The summed E-state index contributed by atoms with van der Waals surface area (Å²) in [6, 6.07) is 8.32. The Morgan fingerprint density at radius 3 is 2.03 bits per heavy atom. The highest BCUT2D eigenvalue weighted by molar-refractivity contribution is 7.40. The lowest BCUT2D eigenvalue weighted by Gasteiger charge is -2.18. The Kier molecular flexibility index (Phi) is 18.9. The number of unbranched alkanes of at least 4 members (excludes halogenated alkanes) is 9. The maximum atomic E-state index is 9.80. The van der Waals surface area contributed by atoms with Gasteiger partial charge in [-0.2, -0.15) is 0 Å². The molecule has 7 heteroatoms. The van der Waals surface area contributed by atoms with Gasteiger partial charge in [-0.1, -0.05) is 76.8 Å². The number of nitrogens with zero attached hydrogens (tertiary/aromatic N) is 1. The third-order valence-electron chi connectivity index (χ3n) is 5.62. The molecule has 192 valence electrons. The predicted molar refractivity (Wildman–Crippen MR) is 138 cm³/mol. The molecule has 1 aromatic rings. The predicted octanol–water partition coefficient (Wildman–Crippen LogP) is 6.36. The highest BCUT2D eigenvalue weighted by Gasteiger charge is 2.14. The van der Waals surface area contributed by atoms with Crippen LogP contribution in [0.5, 0.6) is 5.75 Å². The molecule has 2 unspecified atom stereocenters. The summed E-state index contributed by atoms with van der Waals surface area (Å²) in [5, 5.41) is 0. The third kappa shape index (κ3) is 17.4. The molecule has 0 spiro atoms. The van der Waals surface area contributed by atoms with Gasteiger partial charge in [0.25, 0.3) is 0 Å². The van der Waals surface area contributed by atoms with Crippen LogP contribution < -0.4 is 4.74 Å². The summed E-state index contributed by atoms with van der Waals surface area (Å²) < 4.78 is 21.9. The van der Waals surface area contributed by atoms with E-state index in [2.05, 4.69) is 19.1 Å². The van der Waals surface area contributed by atoms with Crippen LogP contribution >= 0.6 is 8.60 Å². The average Bonchev–Trinajstić information content (AvgIpc) is 2.81. The molecule has 1 N–H and O–H groups in total. The molecule has 1 rings (SSSR count). The zero-order chi connectivity index (χ0) is 24.2. The van der Waals surface area contributed by atoms with E-state index in [-0.39, 0.29) is 12.7 Å². The Bertz CT molecular complexity index is 558. The van der Waals surface area contributed by atoms with E-state index < -0.39 is 8.60 Å². The van der Waals surface area contributed by atoms with Crippen LogP contribution in [0, 0.1) is 0 Å². The summed E-state index contributed by atoms with van der Waals surface area (Å²) in [4.78, 5) is 11.8. The molecular weight excluding hydrogens is 437 g/mol. The number of hydrogen-bond acceptors (Lipinski definition) is 6. The molecule has 0 bridgehead atoms. The topological polar surface area (TPSA) is 60.4 Å². The van der Waals surface area contributed by atoms with E-state index in [0.717, 1.165) is 18.7 Å². The van der Waals surface area contributed by atoms with Crippen LogP contribution in [0.15, 0.2) is 24.3 Å². The van der Waals surface area contributed by atoms with Crippen LogP contribution in [-0.4, -0.2) is 63.5 Å². The van der Waals surface area contributed by atoms with E-state index in [9.17, 15) is 4.89 Å². The Labute approximate surface area is 203 Å². The van der Waals surface area contributed by atoms with Crippen LogP contribution in [0.4, 0.5) is 0 Å². The van der Waals surface area contributed by atoms with Crippen LogP contribution in [0.2, 0.25) is 0 Å². The number of methoxy groups -OCH3 is 1. The van der Waals surface area contributed by atoms with Crippen molar-refractivity contribution >= 4 is 8.60 Å². The van der Waals surface area contributed by atoms with Crippen molar-refractivity contribution in [2.45, 2.75) is 83.7 Å². The highest BCUT2D eigenvalue weighted by atomic mass is 31.2. The van der Waals surface area contributed by atoms with E-state index in [4.69, 9.17) is 18.5 Å². The number of likely N-dealkylation sites (N-methyl/N-ethyl adjacent to an activating group) is 1. The van der Waals surface area contributed by atoms with Crippen molar-refractivity contribution < 1.29 is 23.4 Å². The second-order valence-electron chi connectivity index (χ2n) is 8.91. The molecule has 0 saturated heterocycles. The number of aryl methyl sites for hydroxylation is 1. The van der Waals surface area contributed by atoms with Gasteiger partial charge in [-0.15, -0.1) is 0 Å². The first-order valence-electron chi connectivity index (χ1n) is 12.7. The minimum atomic E-state index is -1.90. The number of ether oxygens (including phenoxy) is 2. The smallest absolute Gasteiger partial charge is 0.329 e. The van der Waals surface area contributed by atoms with Gasteiger partial charge in [-0.25, -0.2) is 0 Å². The summed E-state index contributed by atoms with van der Waals surface area (Å²) in [5.74, 6) is 0.817. The molecular formula is C26H48NO5P. The molecule has 1 aromatic carbocycles. The molecule has 0 aromatic heterocycles. The van der Waals surface area contributed by atoms with E-state index in [1.807, 2.05) is 31.1 Å². The minimum absolute atomic E-state index is 0.220. The Balaban J connectivity index is 2.12. The molecule has 0 radical (unpaired) electrons. The molecule has 0 aliphatic rings. The standard InChI is InChI=1S/C26H48NO5P/c1-5-6-7-8-9-10-11-12-13-14-15-24-16-18-25(19-17-24)30-22-26(29-4)23-32-33(28)31-21-20-27(2)3/h16-19,26,28H,5-15,20-23H2,1-4H3. The van der Waals surface area contributed by atoms with Crippen LogP contribution in [0.3, 0.4) is 0 Å². The molecule has 0 fully saturated rings. The maximum absolute atomic E-state index is 9.80. The van der Waals surface area contributed by atoms with E-state index in [0.29, 0.717) is 13.2 Å². The quantitative estimate of drug-likeness (QED) is 0.152. The van der Waals surface area contributed by atoms with Gasteiger partial charge in [0.1, 0.15) is 18.5 Å². The second-order valence-corrected chi connectivity index (χ2v) is 9.91. The number of rotatable bonds is 22. The second kappa shape index (κ2) is 20.6. The largest absolute Gasteiger partial charge is 0.491 e. The van der Waals surface area contributed by atoms with Gasteiger partial charge in [0, 0.05) is 13.7 Å². The van der Waals surface area contributed by atoms with Crippen molar-refractivity contribution in [3.63, 3.8) is 0 Å². The first-order valence-corrected chi connectivity index (χ1v) is 13.8. The fourth-order valence-electron chi connectivity index (χ4n) is 3.43. The minimum Gasteiger partial charge on any atom is -0.491 e. The zero-order valence-corrected chi connectivity index (χ0v) is 22.4. The lowest BCUT2D eigenvalue weighted by Crippen LogP contribution is -2.25. The van der Waals surface area contributed by atoms with Crippen molar-refractivity contribution in [3.05, 3.63) is 29.8 Å². The summed E-state index contributed by atoms with van der Waals surface area (Å²) in [7, 11) is 3.62. The molecule has 0 saturated carbocycles. The van der Waals surface area contributed by atoms with E-state index >= 15 is 0 Å². The van der Waals surface area contributed by atoms with Crippen molar-refractivity contribution in [3.8, 4) is 5.75 Å². The zero-order valence-electron chi connectivity index (χ0n) is 21.5. The molecule has 0 amide bonds. The van der Waals surface area contributed by atoms with Crippen molar-refractivity contribution in [1.29, 1.82) is 0 Å². The number of benzene rings is 1. The van der Waals surface area contributed by atoms with Gasteiger partial charge < -0.3 is 28.3 Å². The summed E-state index contributed by atoms with van der Waals surface area (Å²) in [6.07, 6.45) is 14.5. The normalized spacial score (nSPS) is 13.4. The van der Waals surface area contributed by atoms with Gasteiger partial charge >= 0.3 is 8.60 Å². The van der Waals surface area contributed by atoms with Crippen molar-refractivity contribution in [2.24, 2.45) is 0 Å². The van der Waals surface area contributed by atoms with Crippen LogP contribution in [-0.2, 0) is 20.2 Å². The Morgan fingerprint density at radius 2 is 1.45 bits per heavy atom. The molecule has 2 atom stereocenters. The molecule has 0 aliphatic carbocycles. The molecule has 0 heterocycles. The monoisotopic (exact) mass is 485 g/mol. The molecule has 0 aliphatic heterocycles. The number of hydrogen-bond donors (Lipinski definition) is 1. The summed E-state index contributed by atoms with van der Waals surface area (Å²) in [5.41, 5.74) is 1.36. The molecule has 33 heavy (non-hydrogen) atoms. The summed E-state index contributed by atoms with van der Waals surface area (Å²) in [6.45, 7) is 4.00. The van der Waals surface area contributed by atoms with Crippen molar-refractivity contribution in [2.75, 3.05) is 47.6 Å². The maximum Gasteiger partial charge on any atom is 0.329 e. The average molecular weight is 486 g/mol. The molecule has 6 nitrogen and oxygen atoms in total. The van der Waals surface area contributed by atoms with E-state index in [1.54, 1.807) is 7.11 Å². The van der Waals surface area contributed by atoms with Crippen LogP contribution in [0.1, 0.15) is 76.7 Å². The Hall–Kier alpha value is -0.750. The van der Waals surface area contributed by atoms with Gasteiger partial charge in [-0.3, -0.25) is 0 Å². The van der Waals surface area contributed by atoms with Gasteiger partial charge in [0.15, 0.2) is 0 Å². The van der Waals surface area contributed by atoms with Crippen molar-refractivity contribution in [1.82, 2.24) is 4.90 Å². The first-order chi connectivity index (χ1) is 16.0. The SMILES string of the molecule is CCCCCCCCCCCCc1ccc(OCC(COP(O)OCCN(C)C)OC)cc1. The first kappa shape index (κ1) is 30.3. The Morgan fingerprint density at radius 1 is 0.848 bits per heavy atom. The fourth-order valence-corrected chi connectivity index (χ4v) is 4.03. The third-order valence-corrected chi connectivity index (χ3v) is 6.40. The highest BCUT2D eigenvalue weighted by Crippen LogP contribution is 2.32. The van der Waals surface area contributed by atoms with Gasteiger partial charge in [-0.05, 0) is 44.6 Å². The van der Waals surface area contributed by atoms with Gasteiger partial charge in [0.2, 0.25) is 0 Å².